The van der Waals surface area contributed by atoms with E-state index in [2.05, 4.69) is 0 Å². The molecule has 0 atom stereocenters. The minimum absolute atomic E-state index is 0.00166. The number of likely N-dealkylation sites (N-methyl/N-ethyl adjacent to an activating group) is 1. The Balaban J connectivity index is 1.55. The van der Waals surface area contributed by atoms with Crippen LogP contribution in [-0.2, 0) is 11.2 Å². The molecule has 3 rings (SSSR count). The van der Waals surface area contributed by atoms with Crippen LogP contribution in [0.4, 0.5) is 0 Å². The molecule has 0 aliphatic heterocycles. The lowest BCUT2D eigenvalue weighted by molar-refractivity contribution is -0.129. The van der Waals surface area contributed by atoms with Gasteiger partial charge in [-0.3, -0.25) is 4.79 Å². The second-order valence-electron chi connectivity index (χ2n) is 5.92. The number of ether oxygens (including phenoxy) is 2. The number of amides is 1. The molecular weight excluding hydrogens is 354 g/mol. The van der Waals surface area contributed by atoms with Crippen molar-refractivity contribution in [3.8, 4) is 11.5 Å². The molecule has 0 aliphatic carbocycles. The van der Waals surface area contributed by atoms with Gasteiger partial charge in [0.15, 0.2) is 0 Å². The van der Waals surface area contributed by atoms with Gasteiger partial charge in [0.25, 0.3) is 0 Å². The van der Waals surface area contributed by atoms with E-state index in [1.54, 1.807) is 37.5 Å². The Kier molecular flexibility index (Phi) is 5.68. The van der Waals surface area contributed by atoms with Gasteiger partial charge in [-0.1, -0.05) is 17.7 Å². The summed E-state index contributed by atoms with van der Waals surface area (Å²) in [7, 11) is 3.37. The zero-order valence-electron chi connectivity index (χ0n) is 14.7. The highest BCUT2D eigenvalue weighted by molar-refractivity contribution is 6.30. The molecule has 1 aromatic heterocycles. The molecular formula is C20H20ClNO4. The zero-order chi connectivity index (χ0) is 18.5. The maximum absolute atomic E-state index is 12.5. The van der Waals surface area contributed by atoms with Crippen LogP contribution in [-0.4, -0.2) is 38.1 Å². The minimum Gasteiger partial charge on any atom is -0.497 e. The van der Waals surface area contributed by atoms with Gasteiger partial charge in [0, 0.05) is 29.1 Å². The number of rotatable bonds is 7. The molecule has 26 heavy (non-hydrogen) atoms. The lowest BCUT2D eigenvalue weighted by Crippen LogP contribution is -2.32. The molecule has 0 unspecified atom stereocenters. The molecule has 2 aromatic carbocycles. The van der Waals surface area contributed by atoms with E-state index in [0.29, 0.717) is 29.5 Å². The summed E-state index contributed by atoms with van der Waals surface area (Å²) in [6.45, 7) is 0.876. The number of carbonyl (C=O) groups is 1. The molecule has 0 N–H and O–H groups in total. The Labute approximate surface area is 157 Å². The van der Waals surface area contributed by atoms with Gasteiger partial charge >= 0.3 is 0 Å². The van der Waals surface area contributed by atoms with Crippen molar-refractivity contribution >= 4 is 28.5 Å². The van der Waals surface area contributed by atoms with Crippen LogP contribution in [0.15, 0.2) is 53.1 Å². The number of benzene rings is 2. The van der Waals surface area contributed by atoms with Crippen LogP contribution in [0.2, 0.25) is 5.02 Å². The van der Waals surface area contributed by atoms with Crippen LogP contribution in [0.5, 0.6) is 11.5 Å². The highest BCUT2D eigenvalue weighted by Gasteiger charge is 2.14. The molecule has 1 heterocycles. The number of furan rings is 1. The lowest BCUT2D eigenvalue weighted by atomic mass is 10.1. The van der Waals surface area contributed by atoms with Gasteiger partial charge in [-0.15, -0.1) is 0 Å². The highest BCUT2D eigenvalue weighted by atomic mass is 35.5. The SMILES string of the molecule is COc1ccc2c(CC(=O)N(C)CCOc3cccc(Cl)c3)coc2c1. The van der Waals surface area contributed by atoms with E-state index >= 15 is 0 Å². The predicted molar refractivity (Wildman–Crippen MR) is 101 cm³/mol. The van der Waals surface area contributed by atoms with E-state index in [0.717, 1.165) is 16.7 Å². The van der Waals surface area contributed by atoms with Gasteiger partial charge < -0.3 is 18.8 Å². The predicted octanol–water partition coefficient (Wildman–Crippen LogP) is 4.17. The van der Waals surface area contributed by atoms with Gasteiger partial charge in [0.1, 0.15) is 23.7 Å². The van der Waals surface area contributed by atoms with Crippen molar-refractivity contribution in [1.82, 2.24) is 4.90 Å². The molecule has 0 aliphatic rings. The summed E-state index contributed by atoms with van der Waals surface area (Å²) in [5.41, 5.74) is 1.56. The average molecular weight is 374 g/mol. The van der Waals surface area contributed by atoms with Gasteiger partial charge in [0.2, 0.25) is 5.91 Å². The first kappa shape index (κ1) is 18.1. The lowest BCUT2D eigenvalue weighted by Gasteiger charge is -2.17. The van der Waals surface area contributed by atoms with Crippen LogP contribution in [0.3, 0.4) is 0 Å². The summed E-state index contributed by atoms with van der Waals surface area (Å²) in [5.74, 6) is 1.41. The largest absolute Gasteiger partial charge is 0.497 e. The number of fused-ring (bicyclic) bond motifs is 1. The maximum Gasteiger partial charge on any atom is 0.226 e. The molecule has 0 saturated heterocycles. The van der Waals surface area contributed by atoms with Crippen molar-refractivity contribution in [3.05, 3.63) is 59.3 Å². The van der Waals surface area contributed by atoms with E-state index in [4.69, 9.17) is 25.5 Å². The van der Waals surface area contributed by atoms with Gasteiger partial charge in [-0.2, -0.15) is 0 Å². The number of carbonyl (C=O) groups excluding carboxylic acids is 1. The van der Waals surface area contributed by atoms with E-state index < -0.39 is 0 Å². The summed E-state index contributed by atoms with van der Waals surface area (Å²) >= 11 is 5.92. The molecule has 0 bridgehead atoms. The molecule has 1 amide bonds. The van der Waals surface area contributed by atoms with Gasteiger partial charge in [0.05, 0.1) is 26.3 Å². The molecule has 6 heteroatoms. The fraction of sp³-hybridized carbons (Fsp3) is 0.250. The second-order valence-corrected chi connectivity index (χ2v) is 6.36. The summed E-state index contributed by atoms with van der Waals surface area (Å²) in [6, 6.07) is 12.8. The van der Waals surface area contributed by atoms with Crippen LogP contribution < -0.4 is 9.47 Å². The number of methoxy groups -OCH3 is 1. The van der Waals surface area contributed by atoms with E-state index in [1.165, 1.54) is 0 Å². The minimum atomic E-state index is -0.00166. The Morgan fingerprint density at radius 1 is 1.19 bits per heavy atom. The van der Waals surface area contributed by atoms with E-state index in [9.17, 15) is 4.79 Å². The first-order chi connectivity index (χ1) is 12.6. The quantitative estimate of drug-likeness (QED) is 0.623. The first-order valence-electron chi connectivity index (χ1n) is 8.23. The normalized spacial score (nSPS) is 10.7. The highest BCUT2D eigenvalue weighted by Crippen LogP contribution is 2.26. The number of hydrogen-bond donors (Lipinski definition) is 0. The Morgan fingerprint density at radius 3 is 2.81 bits per heavy atom. The standard InChI is InChI=1S/C20H20ClNO4/c1-22(8-9-25-17-5-3-4-15(21)11-17)20(23)10-14-13-26-19-12-16(24-2)6-7-18(14)19/h3-7,11-13H,8-10H2,1-2H3. The number of hydrogen-bond acceptors (Lipinski definition) is 4. The summed E-state index contributed by atoms with van der Waals surface area (Å²) in [5, 5.41) is 1.54. The fourth-order valence-electron chi connectivity index (χ4n) is 2.61. The third-order valence-corrected chi connectivity index (χ3v) is 4.36. The molecule has 0 radical (unpaired) electrons. The van der Waals surface area contributed by atoms with Crippen LogP contribution in [0.25, 0.3) is 11.0 Å². The summed E-state index contributed by atoms with van der Waals surface area (Å²) in [4.78, 5) is 14.1. The van der Waals surface area contributed by atoms with Gasteiger partial charge in [-0.05, 0) is 30.3 Å². The fourth-order valence-corrected chi connectivity index (χ4v) is 2.79. The molecule has 0 fully saturated rings. The third-order valence-electron chi connectivity index (χ3n) is 4.12. The molecule has 5 nitrogen and oxygen atoms in total. The number of nitrogens with zero attached hydrogens (tertiary/aromatic N) is 1. The summed E-state index contributed by atoms with van der Waals surface area (Å²) < 4.78 is 16.3. The molecule has 0 spiro atoms. The molecule has 0 saturated carbocycles. The van der Waals surface area contributed by atoms with Crippen LogP contribution >= 0.6 is 11.6 Å². The van der Waals surface area contributed by atoms with Crippen molar-refractivity contribution in [3.63, 3.8) is 0 Å². The van der Waals surface area contributed by atoms with Gasteiger partial charge in [-0.25, -0.2) is 0 Å². The maximum atomic E-state index is 12.5. The van der Waals surface area contributed by atoms with Crippen molar-refractivity contribution in [1.29, 1.82) is 0 Å². The molecule has 136 valence electrons. The van der Waals surface area contributed by atoms with E-state index in [-0.39, 0.29) is 12.3 Å². The topological polar surface area (TPSA) is 51.9 Å². The van der Waals surface area contributed by atoms with Crippen molar-refractivity contribution in [2.45, 2.75) is 6.42 Å². The Hall–Kier alpha value is -2.66. The molecule has 3 aromatic rings. The smallest absolute Gasteiger partial charge is 0.226 e. The average Bonchev–Trinajstić information content (AvgIpc) is 3.03. The van der Waals surface area contributed by atoms with Crippen LogP contribution in [0, 0.1) is 0 Å². The third kappa shape index (κ3) is 4.29. The van der Waals surface area contributed by atoms with Crippen molar-refractivity contribution in [2.24, 2.45) is 0 Å². The zero-order valence-corrected chi connectivity index (χ0v) is 15.5. The second kappa shape index (κ2) is 8.15. The van der Waals surface area contributed by atoms with Crippen molar-refractivity contribution < 1.29 is 18.7 Å². The monoisotopic (exact) mass is 373 g/mol. The first-order valence-corrected chi connectivity index (χ1v) is 8.61. The Morgan fingerprint density at radius 2 is 2.04 bits per heavy atom. The van der Waals surface area contributed by atoms with E-state index in [1.807, 2.05) is 30.3 Å². The van der Waals surface area contributed by atoms with Crippen LogP contribution in [0.1, 0.15) is 5.56 Å². The van der Waals surface area contributed by atoms with Crippen molar-refractivity contribution in [2.75, 3.05) is 27.3 Å². The number of halogens is 1. The Bertz CT molecular complexity index is 906. The summed E-state index contributed by atoms with van der Waals surface area (Å²) in [6.07, 6.45) is 1.89.